The summed E-state index contributed by atoms with van der Waals surface area (Å²) in [5, 5.41) is 16.0. The highest BCUT2D eigenvalue weighted by atomic mass is 16.5. The highest BCUT2D eigenvalue weighted by Gasteiger charge is 2.17. The molecule has 2 aromatic rings. The second kappa shape index (κ2) is 6.66. The molecular formula is C13H20N6O2. The van der Waals surface area contributed by atoms with E-state index in [2.05, 4.69) is 20.6 Å². The van der Waals surface area contributed by atoms with Crippen LogP contribution in [0.25, 0.3) is 0 Å². The number of rotatable bonds is 6. The average molecular weight is 292 g/mol. The van der Waals surface area contributed by atoms with Crippen LogP contribution in [-0.4, -0.2) is 43.2 Å². The van der Waals surface area contributed by atoms with Crippen LogP contribution in [0.5, 0.6) is 5.75 Å². The summed E-state index contributed by atoms with van der Waals surface area (Å²) in [5.41, 5.74) is 0. The van der Waals surface area contributed by atoms with Gasteiger partial charge < -0.3 is 9.47 Å². The predicted molar refractivity (Wildman–Crippen MR) is 73.6 cm³/mol. The lowest BCUT2D eigenvalue weighted by Crippen LogP contribution is -2.22. The molecule has 1 fully saturated rings. The fraction of sp³-hybridized carbons (Fsp3) is 0.692. The molecule has 0 saturated carbocycles. The van der Waals surface area contributed by atoms with Crippen molar-refractivity contribution in [3.05, 3.63) is 18.2 Å². The molecule has 1 aliphatic rings. The second-order valence-corrected chi connectivity index (χ2v) is 5.15. The fourth-order valence-corrected chi connectivity index (χ4v) is 2.38. The molecule has 1 saturated heterocycles. The minimum absolute atomic E-state index is 0.353. The lowest BCUT2D eigenvalue weighted by molar-refractivity contribution is 0.0593. The molecule has 0 aromatic carbocycles. The molecule has 0 amide bonds. The summed E-state index contributed by atoms with van der Waals surface area (Å²) in [6.45, 7) is 5.69. The van der Waals surface area contributed by atoms with Crippen LogP contribution in [0.15, 0.2) is 12.4 Å². The molecule has 1 aliphatic heterocycles. The molecule has 3 heterocycles. The quantitative estimate of drug-likeness (QED) is 0.787. The zero-order valence-electron chi connectivity index (χ0n) is 12.2. The highest BCUT2D eigenvalue weighted by Crippen LogP contribution is 2.17. The van der Waals surface area contributed by atoms with Crippen molar-refractivity contribution in [3.63, 3.8) is 0 Å². The molecule has 8 heteroatoms. The Hall–Kier alpha value is -1.96. The molecular weight excluding hydrogens is 272 g/mol. The molecule has 0 N–H and O–H groups in total. The van der Waals surface area contributed by atoms with E-state index >= 15 is 0 Å². The number of aryl methyl sites for hydroxylation is 1. The third-order valence-corrected chi connectivity index (χ3v) is 3.68. The molecule has 0 atom stereocenters. The largest absolute Gasteiger partial charge is 0.482 e. The summed E-state index contributed by atoms with van der Waals surface area (Å²) >= 11 is 0. The van der Waals surface area contributed by atoms with Crippen LogP contribution in [0.4, 0.5) is 0 Å². The molecule has 3 rings (SSSR count). The third-order valence-electron chi connectivity index (χ3n) is 3.68. The zero-order chi connectivity index (χ0) is 14.5. The zero-order valence-corrected chi connectivity index (χ0v) is 12.2. The molecule has 0 spiro atoms. The molecule has 0 aliphatic carbocycles. The van der Waals surface area contributed by atoms with Crippen molar-refractivity contribution in [2.24, 2.45) is 5.92 Å². The van der Waals surface area contributed by atoms with E-state index in [-0.39, 0.29) is 0 Å². The van der Waals surface area contributed by atoms with Gasteiger partial charge in [-0.3, -0.25) is 4.68 Å². The number of nitrogens with zero attached hydrogens (tertiary/aromatic N) is 6. The van der Waals surface area contributed by atoms with Gasteiger partial charge in [-0.05, 0) is 36.1 Å². The molecule has 8 nitrogen and oxygen atoms in total. The van der Waals surface area contributed by atoms with E-state index in [4.69, 9.17) is 9.47 Å². The Bertz CT molecular complexity index is 561. The van der Waals surface area contributed by atoms with E-state index in [1.165, 1.54) is 0 Å². The second-order valence-electron chi connectivity index (χ2n) is 5.15. The summed E-state index contributed by atoms with van der Waals surface area (Å²) in [6, 6.07) is 0. The van der Waals surface area contributed by atoms with Crippen LogP contribution < -0.4 is 4.74 Å². The van der Waals surface area contributed by atoms with E-state index in [9.17, 15) is 0 Å². The molecule has 2 aromatic heterocycles. The lowest BCUT2D eigenvalue weighted by atomic mass is 10.0. The monoisotopic (exact) mass is 292 g/mol. The van der Waals surface area contributed by atoms with Crippen LogP contribution >= 0.6 is 0 Å². The minimum Gasteiger partial charge on any atom is -0.482 e. The van der Waals surface area contributed by atoms with Gasteiger partial charge in [0.1, 0.15) is 6.61 Å². The van der Waals surface area contributed by atoms with Gasteiger partial charge in [0.05, 0.1) is 12.4 Å². The first-order valence-electron chi connectivity index (χ1n) is 7.33. The minimum atomic E-state index is 0.353. The number of tetrazole rings is 1. The SMILES string of the molecule is CCn1cc(OCc2nnnn2CC2CCOCC2)cn1. The van der Waals surface area contributed by atoms with Gasteiger partial charge in [0.25, 0.3) is 0 Å². The Kier molecular flexibility index (Phi) is 4.44. The van der Waals surface area contributed by atoms with Gasteiger partial charge in [0, 0.05) is 26.3 Å². The Morgan fingerprint density at radius 1 is 1.38 bits per heavy atom. The van der Waals surface area contributed by atoms with Gasteiger partial charge in [-0.2, -0.15) is 5.10 Å². The first-order chi connectivity index (χ1) is 10.3. The summed E-state index contributed by atoms with van der Waals surface area (Å²) in [5.74, 6) is 2.05. The van der Waals surface area contributed by atoms with Gasteiger partial charge in [0.2, 0.25) is 0 Å². The van der Waals surface area contributed by atoms with Crippen LogP contribution in [0, 0.1) is 5.92 Å². The summed E-state index contributed by atoms with van der Waals surface area (Å²) < 4.78 is 14.7. The van der Waals surface area contributed by atoms with Crippen molar-refractivity contribution in [1.29, 1.82) is 0 Å². The van der Waals surface area contributed by atoms with Crippen LogP contribution in [0.2, 0.25) is 0 Å². The van der Waals surface area contributed by atoms with E-state index in [0.717, 1.165) is 50.7 Å². The van der Waals surface area contributed by atoms with Gasteiger partial charge >= 0.3 is 0 Å². The van der Waals surface area contributed by atoms with Gasteiger partial charge in [-0.25, -0.2) is 4.68 Å². The van der Waals surface area contributed by atoms with Crippen molar-refractivity contribution in [2.45, 2.75) is 39.5 Å². The maximum Gasteiger partial charge on any atom is 0.189 e. The highest BCUT2D eigenvalue weighted by molar-refractivity contribution is 5.11. The van der Waals surface area contributed by atoms with Crippen molar-refractivity contribution in [3.8, 4) is 5.75 Å². The molecule has 0 bridgehead atoms. The van der Waals surface area contributed by atoms with E-state index in [0.29, 0.717) is 12.5 Å². The third kappa shape index (κ3) is 3.57. The van der Waals surface area contributed by atoms with Crippen LogP contribution in [0.3, 0.4) is 0 Å². The first kappa shape index (κ1) is 14.0. The Labute approximate surface area is 123 Å². The number of ether oxygens (including phenoxy) is 2. The van der Waals surface area contributed by atoms with Crippen LogP contribution in [-0.2, 0) is 24.4 Å². The molecule has 114 valence electrons. The Morgan fingerprint density at radius 3 is 3.00 bits per heavy atom. The number of aromatic nitrogens is 6. The average Bonchev–Trinajstić information content (AvgIpc) is 3.15. The van der Waals surface area contributed by atoms with Crippen molar-refractivity contribution in [2.75, 3.05) is 13.2 Å². The molecule has 0 unspecified atom stereocenters. The van der Waals surface area contributed by atoms with Crippen LogP contribution in [0.1, 0.15) is 25.6 Å². The standard InChI is InChI=1S/C13H20N6O2/c1-2-18-9-12(7-14-18)21-10-13-15-16-17-19(13)8-11-3-5-20-6-4-11/h7,9,11H,2-6,8,10H2,1H3. The predicted octanol–water partition coefficient (Wildman–Crippen LogP) is 0.895. The summed E-state index contributed by atoms with van der Waals surface area (Å²) in [4.78, 5) is 0. The fourth-order valence-electron chi connectivity index (χ4n) is 2.38. The Morgan fingerprint density at radius 2 is 2.24 bits per heavy atom. The Balaban J connectivity index is 1.57. The first-order valence-corrected chi connectivity index (χ1v) is 7.33. The normalized spacial score (nSPS) is 16.2. The van der Waals surface area contributed by atoms with Gasteiger partial charge in [0.15, 0.2) is 11.6 Å². The van der Waals surface area contributed by atoms with Gasteiger partial charge in [-0.15, -0.1) is 5.10 Å². The number of hydrogen-bond donors (Lipinski definition) is 0. The molecule has 21 heavy (non-hydrogen) atoms. The molecule has 0 radical (unpaired) electrons. The van der Waals surface area contributed by atoms with Gasteiger partial charge in [-0.1, -0.05) is 0 Å². The number of hydrogen-bond acceptors (Lipinski definition) is 6. The van der Waals surface area contributed by atoms with E-state index in [1.54, 1.807) is 6.20 Å². The summed E-state index contributed by atoms with van der Waals surface area (Å²) in [6.07, 6.45) is 5.69. The summed E-state index contributed by atoms with van der Waals surface area (Å²) in [7, 11) is 0. The maximum absolute atomic E-state index is 5.69. The van der Waals surface area contributed by atoms with Crippen molar-refractivity contribution >= 4 is 0 Å². The van der Waals surface area contributed by atoms with E-state index in [1.807, 2.05) is 22.5 Å². The lowest BCUT2D eigenvalue weighted by Gasteiger charge is -2.21. The topological polar surface area (TPSA) is 79.9 Å². The maximum atomic E-state index is 5.69. The smallest absolute Gasteiger partial charge is 0.189 e. The van der Waals surface area contributed by atoms with Crippen molar-refractivity contribution in [1.82, 2.24) is 30.0 Å². The van der Waals surface area contributed by atoms with Crippen molar-refractivity contribution < 1.29 is 9.47 Å². The van der Waals surface area contributed by atoms with E-state index < -0.39 is 0 Å².